The van der Waals surface area contributed by atoms with Gasteiger partial charge in [-0.3, -0.25) is 0 Å². The smallest absolute Gasteiger partial charge is 0.0468 e. The Morgan fingerprint density at radius 2 is 0.596 bits per heavy atom. The van der Waals surface area contributed by atoms with Gasteiger partial charge in [-0.1, -0.05) is 124 Å². The number of fused-ring (bicyclic) bond motifs is 5. The van der Waals surface area contributed by atoms with Gasteiger partial charge in [0.1, 0.15) is 0 Å². The SMILES string of the molecule is Cc1ccc(N(c2ccc(C(C)C)cc2)c2ccc3c(ccc4c5ccc(N(c6ccc(C)cc6)c6ccc(C(C)C)cc6)cc5ccc34)c2)cc1. The van der Waals surface area contributed by atoms with Gasteiger partial charge in [0.25, 0.3) is 0 Å². The van der Waals surface area contributed by atoms with Crippen LogP contribution >= 0.6 is 0 Å². The standard InChI is InChI=1S/C50H46N2/c1-33(2)37-11-21-43(22-12-37)51(41-17-7-35(5)8-18-41)45-25-29-47-39(31-45)15-27-50-48-30-26-46(32-40(48)16-28-49(47)50)52(42-19-9-36(6)10-20-42)44-23-13-38(14-24-44)34(3)4/h7-34H,1-6H3. The fraction of sp³-hybridized carbons (Fsp3) is 0.160. The highest BCUT2D eigenvalue weighted by atomic mass is 15.1. The summed E-state index contributed by atoms with van der Waals surface area (Å²) in [6.45, 7) is 13.3. The molecule has 0 atom stereocenters. The second-order valence-electron chi connectivity index (χ2n) is 14.9. The highest BCUT2D eigenvalue weighted by Gasteiger charge is 2.17. The lowest BCUT2D eigenvalue weighted by Crippen LogP contribution is -2.10. The van der Waals surface area contributed by atoms with E-state index >= 15 is 0 Å². The molecule has 0 heterocycles. The third kappa shape index (κ3) is 6.31. The zero-order valence-corrected chi connectivity index (χ0v) is 31.1. The maximum atomic E-state index is 2.37. The normalized spacial score (nSPS) is 11.6. The Morgan fingerprint density at radius 3 is 0.923 bits per heavy atom. The van der Waals surface area contributed by atoms with Gasteiger partial charge in [0.2, 0.25) is 0 Å². The van der Waals surface area contributed by atoms with Crippen LogP contribution < -0.4 is 9.80 Å². The molecule has 0 radical (unpaired) electrons. The second kappa shape index (κ2) is 13.7. The molecule has 2 heteroatoms. The summed E-state index contributed by atoms with van der Waals surface area (Å²) in [7, 11) is 0. The predicted molar refractivity (Wildman–Crippen MR) is 226 cm³/mol. The van der Waals surface area contributed by atoms with Crippen LogP contribution in [-0.2, 0) is 0 Å². The van der Waals surface area contributed by atoms with E-state index in [0.717, 1.165) is 34.1 Å². The molecule has 0 unspecified atom stereocenters. The average molecular weight is 675 g/mol. The Labute approximate surface area is 308 Å². The Morgan fingerprint density at radius 1 is 0.308 bits per heavy atom. The Kier molecular flexibility index (Phi) is 8.77. The highest BCUT2D eigenvalue weighted by Crippen LogP contribution is 2.41. The monoisotopic (exact) mass is 674 g/mol. The first-order valence-electron chi connectivity index (χ1n) is 18.6. The number of hydrogen-bond acceptors (Lipinski definition) is 2. The maximum Gasteiger partial charge on any atom is 0.0468 e. The summed E-state index contributed by atoms with van der Waals surface area (Å²) in [5.74, 6) is 0.986. The topological polar surface area (TPSA) is 6.48 Å². The molecule has 0 saturated heterocycles. The lowest BCUT2D eigenvalue weighted by molar-refractivity contribution is 0.866. The molecule has 0 aliphatic carbocycles. The number of anilines is 6. The van der Waals surface area contributed by atoms with Crippen LogP contribution in [0.4, 0.5) is 34.1 Å². The van der Waals surface area contributed by atoms with E-state index in [1.807, 2.05) is 0 Å². The molecule has 0 aromatic heterocycles. The van der Waals surface area contributed by atoms with Crippen LogP contribution in [-0.4, -0.2) is 0 Å². The van der Waals surface area contributed by atoms with Crippen molar-refractivity contribution in [3.05, 3.63) is 180 Å². The number of nitrogens with zero attached hydrogens (tertiary/aromatic N) is 2. The molecule has 0 saturated carbocycles. The lowest BCUT2D eigenvalue weighted by atomic mass is 9.96. The minimum absolute atomic E-state index is 0.493. The van der Waals surface area contributed by atoms with Gasteiger partial charge in [0.15, 0.2) is 0 Å². The van der Waals surface area contributed by atoms with E-state index in [2.05, 4.69) is 209 Å². The van der Waals surface area contributed by atoms with Crippen molar-refractivity contribution in [3.63, 3.8) is 0 Å². The largest absolute Gasteiger partial charge is 0.310 e. The van der Waals surface area contributed by atoms with Gasteiger partial charge in [0, 0.05) is 34.1 Å². The van der Waals surface area contributed by atoms with Crippen LogP contribution in [0.2, 0.25) is 0 Å². The van der Waals surface area contributed by atoms with E-state index in [4.69, 9.17) is 0 Å². The second-order valence-corrected chi connectivity index (χ2v) is 14.9. The molecule has 0 spiro atoms. The van der Waals surface area contributed by atoms with Crippen LogP contribution in [0, 0.1) is 13.8 Å². The molecule has 8 aromatic carbocycles. The first-order valence-corrected chi connectivity index (χ1v) is 18.6. The molecule has 0 fully saturated rings. The van der Waals surface area contributed by atoms with E-state index in [-0.39, 0.29) is 0 Å². The summed E-state index contributed by atoms with van der Waals surface area (Å²) < 4.78 is 0. The third-order valence-corrected chi connectivity index (χ3v) is 10.5. The fourth-order valence-corrected chi connectivity index (χ4v) is 7.44. The Bertz CT molecular complexity index is 2330. The lowest BCUT2D eigenvalue weighted by Gasteiger charge is -2.27. The molecule has 0 aliphatic rings. The van der Waals surface area contributed by atoms with Crippen molar-refractivity contribution in [1.29, 1.82) is 0 Å². The van der Waals surface area contributed by atoms with E-state index in [9.17, 15) is 0 Å². The van der Waals surface area contributed by atoms with E-state index in [1.165, 1.54) is 54.6 Å². The van der Waals surface area contributed by atoms with Gasteiger partial charge in [-0.15, -0.1) is 0 Å². The van der Waals surface area contributed by atoms with Gasteiger partial charge in [-0.2, -0.15) is 0 Å². The van der Waals surface area contributed by atoms with Crippen molar-refractivity contribution in [2.45, 2.75) is 53.4 Å². The van der Waals surface area contributed by atoms with Crippen molar-refractivity contribution >= 4 is 66.4 Å². The molecular weight excluding hydrogens is 629 g/mol. The highest BCUT2D eigenvalue weighted by molar-refractivity contribution is 6.18. The van der Waals surface area contributed by atoms with E-state index < -0.39 is 0 Å². The van der Waals surface area contributed by atoms with Crippen LogP contribution in [0.5, 0.6) is 0 Å². The van der Waals surface area contributed by atoms with Crippen molar-refractivity contribution in [1.82, 2.24) is 0 Å². The maximum absolute atomic E-state index is 2.37. The van der Waals surface area contributed by atoms with Gasteiger partial charge < -0.3 is 9.80 Å². The molecule has 8 aromatic rings. The third-order valence-electron chi connectivity index (χ3n) is 10.5. The molecule has 0 amide bonds. The zero-order valence-electron chi connectivity index (χ0n) is 31.1. The molecule has 52 heavy (non-hydrogen) atoms. The van der Waals surface area contributed by atoms with Crippen LogP contribution in [0.1, 0.15) is 61.8 Å². The van der Waals surface area contributed by atoms with Crippen molar-refractivity contribution < 1.29 is 0 Å². The van der Waals surface area contributed by atoms with Gasteiger partial charge >= 0.3 is 0 Å². The quantitative estimate of drug-likeness (QED) is 0.148. The zero-order chi connectivity index (χ0) is 35.9. The Hall–Kier alpha value is -5.86. The van der Waals surface area contributed by atoms with E-state index in [0.29, 0.717) is 11.8 Å². The molecule has 0 aliphatic heterocycles. The molecule has 0 N–H and O–H groups in total. The van der Waals surface area contributed by atoms with Crippen molar-refractivity contribution in [2.24, 2.45) is 0 Å². The van der Waals surface area contributed by atoms with Gasteiger partial charge in [-0.05, 0) is 142 Å². The first-order chi connectivity index (χ1) is 25.2. The molecular formula is C50H46N2. The summed E-state index contributed by atoms with van der Waals surface area (Å²) in [6, 6.07) is 58.7. The summed E-state index contributed by atoms with van der Waals surface area (Å²) in [6.07, 6.45) is 0. The molecule has 8 rings (SSSR count). The Balaban J connectivity index is 1.20. The summed E-state index contributed by atoms with van der Waals surface area (Å²) in [5, 5.41) is 7.52. The fourth-order valence-electron chi connectivity index (χ4n) is 7.44. The van der Waals surface area contributed by atoms with Crippen LogP contribution in [0.25, 0.3) is 32.3 Å². The minimum atomic E-state index is 0.493. The number of hydrogen-bond donors (Lipinski definition) is 0. The first kappa shape index (κ1) is 33.3. The molecule has 2 nitrogen and oxygen atoms in total. The minimum Gasteiger partial charge on any atom is -0.310 e. The number of benzene rings is 8. The summed E-state index contributed by atoms with van der Waals surface area (Å²) >= 11 is 0. The van der Waals surface area contributed by atoms with Crippen molar-refractivity contribution in [3.8, 4) is 0 Å². The van der Waals surface area contributed by atoms with Crippen LogP contribution in [0.3, 0.4) is 0 Å². The summed E-state index contributed by atoms with van der Waals surface area (Å²) in [5.41, 5.74) is 12.1. The number of rotatable bonds is 8. The molecule has 256 valence electrons. The van der Waals surface area contributed by atoms with Crippen molar-refractivity contribution in [2.75, 3.05) is 9.80 Å². The predicted octanol–water partition coefficient (Wildman–Crippen LogP) is 14.9. The van der Waals surface area contributed by atoms with E-state index in [1.54, 1.807) is 0 Å². The number of aryl methyl sites for hydroxylation is 2. The van der Waals surface area contributed by atoms with Gasteiger partial charge in [0.05, 0.1) is 0 Å². The average Bonchev–Trinajstić information content (AvgIpc) is 3.16. The summed E-state index contributed by atoms with van der Waals surface area (Å²) in [4.78, 5) is 4.73. The van der Waals surface area contributed by atoms with Crippen LogP contribution in [0.15, 0.2) is 158 Å². The van der Waals surface area contributed by atoms with Gasteiger partial charge in [-0.25, -0.2) is 0 Å². The molecule has 0 bridgehead atoms.